The number of likely N-dealkylation sites (tertiary alicyclic amines) is 3. The molecule has 0 aromatic rings. The number of hydrogen-bond acceptors (Lipinski definition) is 9. The van der Waals surface area contributed by atoms with Gasteiger partial charge in [0, 0.05) is 39.3 Å². The van der Waals surface area contributed by atoms with Crippen LogP contribution < -0.4 is 0 Å². The van der Waals surface area contributed by atoms with Crippen molar-refractivity contribution in [1.29, 1.82) is 0 Å². The molecule has 0 atom stereocenters. The van der Waals surface area contributed by atoms with E-state index >= 15 is 0 Å². The smallest absolute Gasteiger partial charge is 0.393 e. The third-order valence-corrected chi connectivity index (χ3v) is 6.65. The normalized spacial score (nSPS) is 18.3. The van der Waals surface area contributed by atoms with Crippen molar-refractivity contribution < 1.29 is 61.2 Å². The molecule has 0 aromatic carbocycles. The van der Waals surface area contributed by atoms with Crippen LogP contribution in [0.1, 0.15) is 78.6 Å². The maximum absolute atomic E-state index is 11.3. The average molecular weight is 612 g/mol. The molecule has 3 fully saturated rings. The zero-order valence-electron chi connectivity index (χ0n) is 23.8. The van der Waals surface area contributed by atoms with Gasteiger partial charge >= 0.3 is 17.1 Å². The number of aliphatic hydroxyl groups excluding tert-OH is 3. The van der Waals surface area contributed by atoms with Crippen LogP contribution in [0.2, 0.25) is 0 Å². The average Bonchev–Trinajstić information content (AvgIpc) is 2.85. The van der Waals surface area contributed by atoms with E-state index in [2.05, 4.69) is 0 Å². The van der Waals surface area contributed by atoms with Crippen LogP contribution in [0.4, 0.5) is 0 Å². The van der Waals surface area contributed by atoms with Gasteiger partial charge in [-0.3, -0.25) is 28.8 Å². The second-order valence-corrected chi connectivity index (χ2v) is 10.5. The first-order valence-electron chi connectivity index (χ1n) is 13.6. The first-order chi connectivity index (χ1) is 18.3. The van der Waals surface area contributed by atoms with Crippen LogP contribution in [0.15, 0.2) is 0 Å². The molecule has 3 amide bonds. The summed E-state index contributed by atoms with van der Waals surface area (Å²) in [6, 6.07) is 0. The zero-order chi connectivity index (χ0) is 29.5. The number of aliphatic hydroxyl groups is 3. The number of carbonyl (C=O) groups excluding carboxylic acids is 6. The van der Waals surface area contributed by atoms with Crippen molar-refractivity contribution in [2.75, 3.05) is 39.3 Å². The fourth-order valence-electron chi connectivity index (χ4n) is 4.32. The first-order valence-corrected chi connectivity index (χ1v) is 13.6. The number of piperidine rings is 3. The summed E-state index contributed by atoms with van der Waals surface area (Å²) in [5.41, 5.74) is 0. The van der Waals surface area contributed by atoms with Crippen molar-refractivity contribution in [2.24, 2.45) is 0 Å². The molecule has 0 spiro atoms. The Hall–Kier alpha value is -2.18. The van der Waals surface area contributed by atoms with Crippen molar-refractivity contribution in [1.82, 2.24) is 14.7 Å². The fraction of sp³-hybridized carbons (Fsp3) is 0.778. The minimum atomic E-state index is -0.277. The largest absolute Gasteiger partial charge is 3.00 e. The first kappa shape index (κ1) is 37.8. The molecule has 3 rings (SSSR count). The molecule has 0 bridgehead atoms. The van der Waals surface area contributed by atoms with Crippen molar-refractivity contribution in [3.05, 3.63) is 0 Å². The van der Waals surface area contributed by atoms with E-state index in [4.69, 9.17) is 0 Å². The molecule has 1 radical (unpaired) electrons. The van der Waals surface area contributed by atoms with Gasteiger partial charge in [0.25, 0.3) is 0 Å². The van der Waals surface area contributed by atoms with Crippen molar-refractivity contribution in [2.45, 2.75) is 96.9 Å². The number of ketones is 3. The Morgan fingerprint density at radius 1 is 0.475 bits per heavy atom. The second kappa shape index (κ2) is 19.8. The Labute approximate surface area is 246 Å². The maximum atomic E-state index is 11.3. The van der Waals surface area contributed by atoms with E-state index in [0.717, 1.165) is 0 Å². The molecule has 0 saturated carbocycles. The Balaban J connectivity index is 0.000000563. The summed E-state index contributed by atoms with van der Waals surface area (Å²) in [5, 5.41) is 27.6. The van der Waals surface area contributed by atoms with Gasteiger partial charge < -0.3 is 30.0 Å². The van der Waals surface area contributed by atoms with E-state index in [1.54, 1.807) is 14.7 Å². The number of Topliss-reactive ketones (excluding diaryl/α,β-unsaturated/α-hetero) is 3. The van der Waals surface area contributed by atoms with Gasteiger partial charge in [-0.2, -0.15) is 0 Å². The molecule has 227 valence electrons. The van der Waals surface area contributed by atoms with E-state index in [1.165, 1.54) is 20.8 Å². The van der Waals surface area contributed by atoms with Gasteiger partial charge in [-0.15, -0.1) is 0 Å². The van der Waals surface area contributed by atoms with E-state index in [-0.39, 0.29) is 89.7 Å². The number of nitrogens with zero attached hydrogens (tertiary/aromatic N) is 3. The standard InChI is InChI=1S/3C9H15NO3.Fe/c3*1-7(11)6-9(13)10-4-2-8(12)3-5-10;/h3*8,12H,2-6H2,1H3;/q;;;+3. The molecule has 0 unspecified atom stereocenters. The SMILES string of the molecule is CC(=O)CC(=O)N1CCC(O)CC1.CC(=O)CC(=O)N1CCC(O)CC1.CC(=O)CC(=O)N1CCC(O)CC1.[Fe+3]. The summed E-state index contributed by atoms with van der Waals surface area (Å²) in [4.78, 5) is 70.9. The van der Waals surface area contributed by atoms with Gasteiger partial charge in [0.15, 0.2) is 0 Å². The van der Waals surface area contributed by atoms with Gasteiger partial charge in [-0.25, -0.2) is 0 Å². The van der Waals surface area contributed by atoms with E-state index in [1.807, 2.05) is 0 Å². The maximum Gasteiger partial charge on any atom is 3.00 e. The molecular formula is C27H45FeN3O9+3. The van der Waals surface area contributed by atoms with E-state index in [9.17, 15) is 44.1 Å². The Morgan fingerprint density at radius 2 is 0.650 bits per heavy atom. The Bertz CT molecular complexity index is 737. The number of rotatable bonds is 6. The predicted octanol–water partition coefficient (Wildman–Crippen LogP) is -0.156. The topological polar surface area (TPSA) is 173 Å². The number of carbonyl (C=O) groups is 6. The van der Waals surface area contributed by atoms with Crippen LogP contribution in [0.5, 0.6) is 0 Å². The van der Waals surface area contributed by atoms with Crippen molar-refractivity contribution >= 4 is 35.1 Å². The van der Waals surface area contributed by atoms with Gasteiger partial charge in [0.05, 0.1) is 37.6 Å². The molecule has 40 heavy (non-hydrogen) atoms. The monoisotopic (exact) mass is 611 g/mol. The van der Waals surface area contributed by atoms with Crippen LogP contribution in [0.3, 0.4) is 0 Å². The minimum absolute atomic E-state index is 0. The van der Waals surface area contributed by atoms with Crippen LogP contribution >= 0.6 is 0 Å². The molecule has 3 heterocycles. The molecular weight excluding hydrogens is 566 g/mol. The Morgan fingerprint density at radius 3 is 0.800 bits per heavy atom. The predicted molar refractivity (Wildman–Crippen MR) is 141 cm³/mol. The van der Waals surface area contributed by atoms with Crippen LogP contribution in [0.25, 0.3) is 0 Å². The summed E-state index contributed by atoms with van der Waals surface area (Å²) in [6.45, 7) is 7.70. The van der Waals surface area contributed by atoms with Crippen molar-refractivity contribution in [3.63, 3.8) is 0 Å². The van der Waals surface area contributed by atoms with Gasteiger partial charge in [0.1, 0.15) is 17.3 Å². The van der Waals surface area contributed by atoms with E-state index in [0.29, 0.717) is 77.8 Å². The summed E-state index contributed by atoms with van der Waals surface area (Å²) in [7, 11) is 0. The van der Waals surface area contributed by atoms with Gasteiger partial charge in [-0.05, 0) is 59.3 Å². The van der Waals surface area contributed by atoms with Crippen molar-refractivity contribution in [3.8, 4) is 0 Å². The third kappa shape index (κ3) is 16.2. The molecule has 3 aliphatic rings. The molecule has 0 aromatic heterocycles. The number of hydrogen-bond donors (Lipinski definition) is 3. The van der Waals surface area contributed by atoms with E-state index < -0.39 is 0 Å². The van der Waals surface area contributed by atoms with Crippen LogP contribution in [-0.2, 0) is 45.8 Å². The van der Waals surface area contributed by atoms with Gasteiger partial charge in [0.2, 0.25) is 17.7 Å². The summed E-state index contributed by atoms with van der Waals surface area (Å²) < 4.78 is 0. The van der Waals surface area contributed by atoms with Crippen LogP contribution in [0, 0.1) is 0 Å². The summed E-state index contributed by atoms with van der Waals surface area (Å²) in [5.74, 6) is -0.637. The quantitative estimate of drug-likeness (QED) is 0.273. The van der Waals surface area contributed by atoms with Crippen LogP contribution in [-0.4, -0.2) is 123 Å². The molecule has 12 nitrogen and oxygen atoms in total. The molecule has 0 aliphatic carbocycles. The summed E-state index contributed by atoms with van der Waals surface area (Å²) in [6.07, 6.45) is 2.93. The number of amides is 3. The zero-order valence-corrected chi connectivity index (χ0v) is 24.9. The molecule has 3 aliphatic heterocycles. The second-order valence-electron chi connectivity index (χ2n) is 10.5. The third-order valence-electron chi connectivity index (χ3n) is 6.65. The fourth-order valence-corrected chi connectivity index (χ4v) is 4.32. The molecule has 3 N–H and O–H groups in total. The molecule has 3 saturated heterocycles. The summed E-state index contributed by atoms with van der Waals surface area (Å²) >= 11 is 0. The molecule has 13 heteroatoms. The minimum Gasteiger partial charge on any atom is -0.393 e. The Kier molecular flexibility index (Phi) is 18.7. The van der Waals surface area contributed by atoms with Gasteiger partial charge in [-0.1, -0.05) is 0 Å².